The van der Waals surface area contributed by atoms with E-state index in [4.69, 9.17) is 0 Å². The lowest BCUT2D eigenvalue weighted by molar-refractivity contribution is 0.161. The summed E-state index contributed by atoms with van der Waals surface area (Å²) >= 11 is 3.49. The molecule has 1 rings (SSSR count). The van der Waals surface area contributed by atoms with E-state index in [-0.39, 0.29) is 6.10 Å². The van der Waals surface area contributed by atoms with Crippen LogP contribution in [-0.2, 0) is 13.5 Å². The second kappa shape index (κ2) is 4.94. The first-order valence-corrected chi connectivity index (χ1v) is 5.71. The summed E-state index contributed by atoms with van der Waals surface area (Å²) in [5.74, 6) is 0. The molecule has 14 heavy (non-hydrogen) atoms. The van der Waals surface area contributed by atoms with Crippen molar-refractivity contribution in [3.8, 4) is 0 Å². The van der Waals surface area contributed by atoms with Crippen LogP contribution in [0.15, 0.2) is 4.47 Å². The Morgan fingerprint density at radius 1 is 1.57 bits per heavy atom. The van der Waals surface area contributed by atoms with Crippen LogP contribution >= 0.6 is 15.9 Å². The van der Waals surface area contributed by atoms with E-state index in [2.05, 4.69) is 28.0 Å². The van der Waals surface area contributed by atoms with Gasteiger partial charge in [-0.3, -0.25) is 4.68 Å². The number of halogens is 1. The largest absolute Gasteiger partial charge is 0.393 e. The summed E-state index contributed by atoms with van der Waals surface area (Å²) in [6.45, 7) is 4.03. The zero-order chi connectivity index (χ0) is 10.7. The molecule has 0 saturated heterocycles. The van der Waals surface area contributed by atoms with Gasteiger partial charge in [-0.15, -0.1) is 0 Å². The number of nitrogens with zero attached hydrogens (tertiary/aromatic N) is 2. The first kappa shape index (κ1) is 11.7. The predicted molar refractivity (Wildman–Crippen MR) is 60.3 cm³/mol. The minimum Gasteiger partial charge on any atom is -0.393 e. The lowest BCUT2D eigenvalue weighted by Crippen LogP contribution is -2.13. The van der Waals surface area contributed by atoms with Gasteiger partial charge in [0.05, 0.1) is 22.0 Å². The molecule has 1 aromatic heterocycles. The van der Waals surface area contributed by atoms with Gasteiger partial charge in [-0.2, -0.15) is 5.10 Å². The summed E-state index contributed by atoms with van der Waals surface area (Å²) in [5.41, 5.74) is 2.05. The fourth-order valence-corrected chi connectivity index (χ4v) is 2.06. The molecule has 0 aliphatic heterocycles. The zero-order valence-electron chi connectivity index (χ0n) is 8.92. The number of aliphatic hydroxyl groups excluding tert-OH is 1. The summed E-state index contributed by atoms with van der Waals surface area (Å²) in [6.07, 6.45) is 2.27. The maximum Gasteiger partial charge on any atom is 0.0738 e. The second-order valence-electron chi connectivity index (χ2n) is 3.62. The molecule has 0 bridgehead atoms. The molecule has 3 nitrogen and oxygen atoms in total. The number of hydrogen-bond donors (Lipinski definition) is 1. The van der Waals surface area contributed by atoms with Crippen molar-refractivity contribution in [2.45, 2.75) is 39.2 Å². The van der Waals surface area contributed by atoms with Crippen LogP contribution in [0.4, 0.5) is 0 Å². The van der Waals surface area contributed by atoms with Gasteiger partial charge >= 0.3 is 0 Å². The van der Waals surface area contributed by atoms with E-state index in [1.807, 2.05) is 18.7 Å². The van der Waals surface area contributed by atoms with Crippen molar-refractivity contribution in [3.63, 3.8) is 0 Å². The van der Waals surface area contributed by atoms with Gasteiger partial charge in [0.25, 0.3) is 0 Å². The fourth-order valence-electron chi connectivity index (χ4n) is 1.56. The number of aliphatic hydroxyl groups is 1. The first-order chi connectivity index (χ1) is 6.56. The van der Waals surface area contributed by atoms with Gasteiger partial charge in [0.15, 0.2) is 0 Å². The van der Waals surface area contributed by atoms with Gasteiger partial charge in [0.2, 0.25) is 0 Å². The molecule has 0 amide bonds. The minimum atomic E-state index is -0.258. The van der Waals surface area contributed by atoms with E-state index in [9.17, 15) is 5.11 Å². The average Bonchev–Trinajstić information content (AvgIpc) is 2.33. The minimum absolute atomic E-state index is 0.258. The Bertz CT molecular complexity index is 309. The Labute approximate surface area is 93.3 Å². The van der Waals surface area contributed by atoms with Crippen LogP contribution in [0.1, 0.15) is 31.2 Å². The molecular weight excluding hydrogens is 244 g/mol. The third-order valence-electron chi connectivity index (χ3n) is 2.31. The summed E-state index contributed by atoms with van der Waals surface area (Å²) in [4.78, 5) is 0. The predicted octanol–water partition coefficient (Wildman–Crippen LogP) is 2.19. The van der Waals surface area contributed by atoms with Crippen molar-refractivity contribution in [1.82, 2.24) is 9.78 Å². The lowest BCUT2D eigenvalue weighted by atomic mass is 10.1. The molecule has 4 heteroatoms. The smallest absolute Gasteiger partial charge is 0.0738 e. The molecule has 1 unspecified atom stereocenters. The van der Waals surface area contributed by atoms with Crippen LogP contribution in [-0.4, -0.2) is 21.0 Å². The monoisotopic (exact) mass is 260 g/mol. The molecule has 0 spiro atoms. The maximum atomic E-state index is 9.70. The SMILES string of the molecule is CCCC(O)Cc1c(Br)c(C)nn1C. The Hall–Kier alpha value is -0.350. The van der Waals surface area contributed by atoms with Gasteiger partial charge in [0, 0.05) is 13.5 Å². The van der Waals surface area contributed by atoms with E-state index in [1.54, 1.807) is 0 Å². The van der Waals surface area contributed by atoms with Crippen LogP contribution in [0.25, 0.3) is 0 Å². The van der Waals surface area contributed by atoms with Crippen LogP contribution in [0.2, 0.25) is 0 Å². The molecule has 0 saturated carbocycles. The third kappa shape index (κ3) is 2.58. The quantitative estimate of drug-likeness (QED) is 0.902. The second-order valence-corrected chi connectivity index (χ2v) is 4.41. The summed E-state index contributed by atoms with van der Waals surface area (Å²) in [6, 6.07) is 0. The topological polar surface area (TPSA) is 38.1 Å². The summed E-state index contributed by atoms with van der Waals surface area (Å²) < 4.78 is 2.85. The van der Waals surface area contributed by atoms with Crippen LogP contribution in [0, 0.1) is 6.92 Å². The van der Waals surface area contributed by atoms with Crippen LogP contribution in [0.5, 0.6) is 0 Å². The fraction of sp³-hybridized carbons (Fsp3) is 0.700. The Morgan fingerprint density at radius 3 is 2.64 bits per heavy atom. The zero-order valence-corrected chi connectivity index (χ0v) is 10.5. The Balaban J connectivity index is 2.75. The van der Waals surface area contributed by atoms with Gasteiger partial charge in [-0.05, 0) is 29.3 Å². The molecule has 0 aliphatic carbocycles. The molecule has 1 atom stereocenters. The van der Waals surface area contributed by atoms with E-state index in [0.717, 1.165) is 28.7 Å². The Kier molecular flexibility index (Phi) is 4.13. The number of aromatic nitrogens is 2. The molecule has 0 aromatic carbocycles. The highest BCUT2D eigenvalue weighted by atomic mass is 79.9. The maximum absolute atomic E-state index is 9.70. The highest BCUT2D eigenvalue weighted by Gasteiger charge is 2.14. The molecule has 0 fully saturated rings. The van der Waals surface area contributed by atoms with E-state index < -0.39 is 0 Å². The lowest BCUT2D eigenvalue weighted by Gasteiger charge is -2.09. The molecule has 1 aromatic rings. The molecule has 1 heterocycles. The number of rotatable bonds is 4. The van der Waals surface area contributed by atoms with Crippen LogP contribution < -0.4 is 0 Å². The number of hydrogen-bond acceptors (Lipinski definition) is 2. The Morgan fingerprint density at radius 2 is 2.21 bits per heavy atom. The summed E-state index contributed by atoms with van der Waals surface area (Å²) in [5, 5.41) is 14.0. The normalized spacial score (nSPS) is 13.2. The van der Waals surface area contributed by atoms with Gasteiger partial charge in [0.1, 0.15) is 0 Å². The molecular formula is C10H17BrN2O. The van der Waals surface area contributed by atoms with Crippen LogP contribution in [0.3, 0.4) is 0 Å². The highest BCUT2D eigenvalue weighted by Crippen LogP contribution is 2.22. The molecule has 0 aliphatic rings. The molecule has 1 N–H and O–H groups in total. The average molecular weight is 261 g/mol. The van der Waals surface area contributed by atoms with E-state index >= 15 is 0 Å². The van der Waals surface area contributed by atoms with Crippen molar-refractivity contribution >= 4 is 15.9 Å². The molecule has 0 radical (unpaired) electrons. The van der Waals surface area contributed by atoms with Gasteiger partial charge in [-0.25, -0.2) is 0 Å². The third-order valence-corrected chi connectivity index (χ3v) is 3.34. The van der Waals surface area contributed by atoms with Crippen molar-refractivity contribution in [2.24, 2.45) is 7.05 Å². The van der Waals surface area contributed by atoms with E-state index in [0.29, 0.717) is 6.42 Å². The summed E-state index contributed by atoms with van der Waals surface area (Å²) in [7, 11) is 1.91. The van der Waals surface area contributed by atoms with E-state index in [1.165, 1.54) is 0 Å². The standard InChI is InChI=1S/C10H17BrN2O/c1-4-5-8(14)6-9-10(11)7(2)12-13(9)3/h8,14H,4-6H2,1-3H3. The van der Waals surface area contributed by atoms with Crippen molar-refractivity contribution in [1.29, 1.82) is 0 Å². The first-order valence-electron chi connectivity index (χ1n) is 4.92. The highest BCUT2D eigenvalue weighted by molar-refractivity contribution is 9.10. The van der Waals surface area contributed by atoms with Crippen molar-refractivity contribution in [2.75, 3.05) is 0 Å². The van der Waals surface area contributed by atoms with Gasteiger partial charge < -0.3 is 5.11 Å². The van der Waals surface area contributed by atoms with Crippen molar-refractivity contribution < 1.29 is 5.11 Å². The van der Waals surface area contributed by atoms with Crippen molar-refractivity contribution in [3.05, 3.63) is 15.9 Å². The molecule has 80 valence electrons. The van der Waals surface area contributed by atoms with Gasteiger partial charge in [-0.1, -0.05) is 13.3 Å². The number of aryl methyl sites for hydroxylation is 2.